The molecule has 1 fully saturated rings. The number of methoxy groups -OCH3 is 1. The molecule has 0 N–H and O–H groups in total. The highest BCUT2D eigenvalue weighted by molar-refractivity contribution is 6.30. The first kappa shape index (κ1) is 18.1. The molecular weight excluding hydrogens is 354 g/mol. The van der Waals surface area contributed by atoms with E-state index in [0.717, 1.165) is 16.7 Å². The Kier molecular flexibility index (Phi) is 5.09. The van der Waals surface area contributed by atoms with Gasteiger partial charge in [-0.1, -0.05) is 42.8 Å². The number of non-ortho nitro benzene ring substituents is 1. The second-order valence-electron chi connectivity index (χ2n) is 6.34. The van der Waals surface area contributed by atoms with Crippen molar-refractivity contribution in [3.63, 3.8) is 0 Å². The van der Waals surface area contributed by atoms with Gasteiger partial charge in [0.15, 0.2) is 0 Å². The number of ether oxygens (including phenoxy) is 1. The quantitative estimate of drug-likeness (QED) is 0.331. The third-order valence-corrected chi connectivity index (χ3v) is 5.01. The van der Waals surface area contributed by atoms with Crippen molar-refractivity contribution in [2.24, 2.45) is 5.92 Å². The summed E-state index contributed by atoms with van der Waals surface area (Å²) in [5.41, 5.74) is 3.64. The molecule has 1 aliphatic carbocycles. The molecule has 2 atom stereocenters. The molecule has 134 valence electrons. The van der Waals surface area contributed by atoms with Crippen LogP contribution in [0.1, 0.15) is 24.0 Å². The summed E-state index contributed by atoms with van der Waals surface area (Å²) in [6, 6.07) is 13.9. The van der Waals surface area contributed by atoms with E-state index >= 15 is 0 Å². The van der Waals surface area contributed by atoms with E-state index in [9.17, 15) is 14.9 Å². The Balaban J connectivity index is 1.91. The van der Waals surface area contributed by atoms with Crippen molar-refractivity contribution >= 4 is 23.3 Å². The maximum atomic E-state index is 12.3. The lowest BCUT2D eigenvalue weighted by Crippen LogP contribution is -2.08. The fourth-order valence-corrected chi connectivity index (χ4v) is 3.48. The molecule has 0 saturated heterocycles. The summed E-state index contributed by atoms with van der Waals surface area (Å²) in [5.74, 6) is 0.0457. The molecule has 1 saturated carbocycles. The van der Waals surface area contributed by atoms with E-state index in [1.54, 1.807) is 12.1 Å². The predicted octanol–water partition coefficient (Wildman–Crippen LogP) is 4.69. The van der Waals surface area contributed by atoms with Gasteiger partial charge in [-0.25, -0.2) is 4.79 Å². The van der Waals surface area contributed by atoms with Crippen molar-refractivity contribution in [2.75, 3.05) is 7.11 Å². The van der Waals surface area contributed by atoms with Crippen molar-refractivity contribution in [3.8, 4) is 0 Å². The summed E-state index contributed by atoms with van der Waals surface area (Å²) in [6.07, 6.45) is 0.383. The average Bonchev–Trinajstić information content (AvgIpc) is 3.30. The van der Waals surface area contributed by atoms with Gasteiger partial charge in [0.05, 0.1) is 12.0 Å². The molecule has 0 aromatic heterocycles. The maximum absolute atomic E-state index is 12.3. The highest BCUT2D eigenvalue weighted by atomic mass is 35.5. The number of rotatable bonds is 5. The highest BCUT2D eigenvalue weighted by Crippen LogP contribution is 2.55. The van der Waals surface area contributed by atoms with Gasteiger partial charge >= 0.3 is 5.97 Å². The van der Waals surface area contributed by atoms with Crippen LogP contribution in [0.2, 0.25) is 5.02 Å². The van der Waals surface area contributed by atoms with E-state index < -0.39 is 4.92 Å². The molecule has 2 aromatic carbocycles. The Hall–Kier alpha value is -2.66. The van der Waals surface area contributed by atoms with Crippen LogP contribution in [0.3, 0.4) is 0 Å². The number of carbonyl (C=O) groups is 1. The zero-order chi connectivity index (χ0) is 18.8. The van der Waals surface area contributed by atoms with Crippen LogP contribution in [0, 0.1) is 16.0 Å². The van der Waals surface area contributed by atoms with Crippen LogP contribution in [0.25, 0.3) is 0 Å². The number of allylic oxidation sites excluding steroid dienone is 1. The van der Waals surface area contributed by atoms with Gasteiger partial charge in [-0.3, -0.25) is 10.1 Å². The summed E-state index contributed by atoms with van der Waals surface area (Å²) in [5, 5.41) is 11.5. The van der Waals surface area contributed by atoms with Gasteiger partial charge < -0.3 is 4.74 Å². The minimum Gasteiger partial charge on any atom is -0.466 e. The van der Waals surface area contributed by atoms with Crippen LogP contribution in [-0.2, 0) is 16.0 Å². The predicted molar refractivity (Wildman–Crippen MR) is 99.2 cm³/mol. The summed E-state index contributed by atoms with van der Waals surface area (Å²) in [6.45, 7) is 2.08. The number of esters is 1. The largest absolute Gasteiger partial charge is 0.466 e. The number of halogens is 1. The number of nitrogens with zero attached hydrogens (tertiary/aromatic N) is 1. The Morgan fingerprint density at radius 3 is 2.31 bits per heavy atom. The fourth-order valence-electron chi connectivity index (χ4n) is 3.35. The minimum absolute atomic E-state index is 0.0276. The molecular formula is C20H18ClNO4. The summed E-state index contributed by atoms with van der Waals surface area (Å²) in [7, 11) is 1.36. The van der Waals surface area contributed by atoms with E-state index in [2.05, 4.69) is 6.92 Å². The van der Waals surface area contributed by atoms with Gasteiger partial charge in [0.25, 0.3) is 5.69 Å². The third kappa shape index (κ3) is 3.63. The van der Waals surface area contributed by atoms with Gasteiger partial charge in [-0.2, -0.15) is 0 Å². The second-order valence-corrected chi connectivity index (χ2v) is 6.78. The molecule has 0 heterocycles. The zero-order valence-electron chi connectivity index (χ0n) is 14.4. The average molecular weight is 372 g/mol. The SMILES string of the molecule is COC(=O)/C(Cc1ccc([N+](=O)[O-])cc1)=C1\[C@H](C)[C@@H]1c1ccc(Cl)cc1. The molecule has 26 heavy (non-hydrogen) atoms. The van der Waals surface area contributed by atoms with Crippen molar-refractivity contribution in [1.82, 2.24) is 0 Å². The lowest BCUT2D eigenvalue weighted by Gasteiger charge is -2.06. The number of carbonyl (C=O) groups excluding carboxylic acids is 1. The lowest BCUT2D eigenvalue weighted by molar-refractivity contribution is -0.384. The van der Waals surface area contributed by atoms with E-state index in [1.807, 2.05) is 24.3 Å². The molecule has 2 aromatic rings. The topological polar surface area (TPSA) is 69.4 Å². The summed E-state index contributed by atoms with van der Waals surface area (Å²) < 4.78 is 4.97. The third-order valence-electron chi connectivity index (χ3n) is 4.75. The second kappa shape index (κ2) is 7.30. The Morgan fingerprint density at radius 2 is 1.77 bits per heavy atom. The molecule has 0 bridgehead atoms. The number of hydrogen-bond acceptors (Lipinski definition) is 4. The van der Waals surface area contributed by atoms with Crippen molar-refractivity contribution in [2.45, 2.75) is 19.3 Å². The zero-order valence-corrected chi connectivity index (χ0v) is 15.2. The highest BCUT2D eigenvalue weighted by Gasteiger charge is 2.45. The van der Waals surface area contributed by atoms with E-state index in [-0.39, 0.29) is 23.5 Å². The molecule has 0 radical (unpaired) electrons. The fraction of sp³-hybridized carbons (Fsp3) is 0.250. The van der Waals surface area contributed by atoms with Gasteiger partial charge in [0.2, 0.25) is 0 Å². The van der Waals surface area contributed by atoms with Gasteiger partial charge in [0, 0.05) is 35.1 Å². The minimum atomic E-state index is -0.441. The first-order chi connectivity index (χ1) is 12.4. The van der Waals surface area contributed by atoms with Crippen LogP contribution in [0.5, 0.6) is 0 Å². The molecule has 1 aliphatic rings. The van der Waals surface area contributed by atoms with Gasteiger partial charge in [0.1, 0.15) is 0 Å². The Labute approximate surface area is 156 Å². The first-order valence-corrected chi connectivity index (χ1v) is 8.60. The maximum Gasteiger partial charge on any atom is 0.334 e. The molecule has 0 amide bonds. The van der Waals surface area contributed by atoms with Crippen LogP contribution in [0.4, 0.5) is 5.69 Å². The molecule has 6 heteroatoms. The number of hydrogen-bond donors (Lipinski definition) is 0. The van der Waals surface area contributed by atoms with E-state index in [1.165, 1.54) is 19.2 Å². The molecule has 0 spiro atoms. The normalized spacial score (nSPS) is 20.4. The van der Waals surface area contributed by atoms with Crippen LogP contribution < -0.4 is 0 Å². The van der Waals surface area contributed by atoms with Crippen LogP contribution >= 0.6 is 11.6 Å². The van der Waals surface area contributed by atoms with Gasteiger partial charge in [-0.15, -0.1) is 0 Å². The van der Waals surface area contributed by atoms with E-state index in [4.69, 9.17) is 16.3 Å². The van der Waals surface area contributed by atoms with Crippen LogP contribution in [-0.4, -0.2) is 18.0 Å². The molecule has 0 aliphatic heterocycles. The summed E-state index contributed by atoms with van der Waals surface area (Å²) >= 11 is 5.95. The summed E-state index contributed by atoms with van der Waals surface area (Å²) in [4.78, 5) is 22.7. The van der Waals surface area contributed by atoms with Crippen molar-refractivity contribution in [1.29, 1.82) is 0 Å². The Bertz CT molecular complexity index is 872. The number of nitro benzene ring substituents is 1. The smallest absolute Gasteiger partial charge is 0.334 e. The Morgan fingerprint density at radius 1 is 1.15 bits per heavy atom. The molecule has 5 nitrogen and oxygen atoms in total. The van der Waals surface area contributed by atoms with Crippen molar-refractivity contribution < 1.29 is 14.5 Å². The molecule has 3 rings (SSSR count). The monoisotopic (exact) mass is 371 g/mol. The van der Waals surface area contributed by atoms with E-state index in [0.29, 0.717) is 17.0 Å². The van der Waals surface area contributed by atoms with Crippen molar-refractivity contribution in [3.05, 3.63) is 85.9 Å². The lowest BCUT2D eigenvalue weighted by atomic mass is 10.0. The van der Waals surface area contributed by atoms with Gasteiger partial charge in [-0.05, 0) is 34.8 Å². The number of benzene rings is 2. The first-order valence-electron chi connectivity index (χ1n) is 8.22. The molecule has 0 unspecified atom stereocenters. The number of nitro groups is 1. The van der Waals surface area contributed by atoms with Crippen LogP contribution in [0.15, 0.2) is 59.7 Å². The standard InChI is InChI=1S/C20H18ClNO4/c1-12-18(14-5-7-15(21)8-6-14)19(12)17(20(23)26-2)11-13-3-9-16(10-4-13)22(24)25/h3-10,12,18H,11H2,1-2H3/b19-17+/t12-,18-/m1/s1.